The monoisotopic (exact) mass is 261 g/mol. The van der Waals surface area contributed by atoms with Gasteiger partial charge in [0.1, 0.15) is 0 Å². The molecule has 0 radical (unpaired) electrons. The van der Waals surface area contributed by atoms with Crippen molar-refractivity contribution < 1.29 is 4.79 Å². The number of hydrogen-bond acceptors (Lipinski definition) is 2. The highest BCUT2D eigenvalue weighted by Crippen LogP contribution is 2.17. The van der Waals surface area contributed by atoms with Crippen LogP contribution in [0.2, 0.25) is 0 Å². The molecule has 19 heavy (non-hydrogen) atoms. The maximum absolute atomic E-state index is 12.2. The van der Waals surface area contributed by atoms with Crippen molar-refractivity contribution >= 4 is 12.0 Å². The number of rotatable bonds is 2. The van der Waals surface area contributed by atoms with E-state index >= 15 is 0 Å². The van der Waals surface area contributed by atoms with Gasteiger partial charge in [-0.1, -0.05) is 6.92 Å². The molecule has 1 amide bonds. The van der Waals surface area contributed by atoms with Crippen LogP contribution in [0.1, 0.15) is 36.7 Å². The maximum atomic E-state index is 12.2. The van der Waals surface area contributed by atoms with Crippen LogP contribution in [-0.4, -0.2) is 33.7 Å². The van der Waals surface area contributed by atoms with E-state index in [4.69, 9.17) is 0 Å². The lowest BCUT2D eigenvalue weighted by Crippen LogP contribution is -2.38. The summed E-state index contributed by atoms with van der Waals surface area (Å²) in [6, 6.07) is 0. The van der Waals surface area contributed by atoms with Crippen LogP contribution in [0.25, 0.3) is 6.08 Å². The van der Waals surface area contributed by atoms with Gasteiger partial charge in [0.25, 0.3) is 0 Å². The molecule has 1 aromatic rings. The lowest BCUT2D eigenvalue weighted by molar-refractivity contribution is -0.127. The van der Waals surface area contributed by atoms with Crippen molar-refractivity contribution in [2.75, 3.05) is 13.1 Å². The first-order chi connectivity index (χ1) is 8.99. The van der Waals surface area contributed by atoms with Gasteiger partial charge < -0.3 is 4.90 Å². The fourth-order valence-electron chi connectivity index (χ4n) is 2.68. The third kappa shape index (κ3) is 3.06. The van der Waals surface area contributed by atoms with Crippen molar-refractivity contribution in [3.8, 4) is 0 Å². The molecule has 104 valence electrons. The van der Waals surface area contributed by atoms with Crippen LogP contribution in [0.4, 0.5) is 0 Å². The summed E-state index contributed by atoms with van der Waals surface area (Å²) in [5, 5.41) is 4.35. The summed E-state index contributed by atoms with van der Waals surface area (Å²) in [6.07, 6.45) is 5.94. The number of carbonyl (C=O) groups is 1. The number of amides is 1. The van der Waals surface area contributed by atoms with Crippen molar-refractivity contribution in [1.82, 2.24) is 14.7 Å². The third-order valence-electron chi connectivity index (χ3n) is 3.93. The van der Waals surface area contributed by atoms with Crippen molar-refractivity contribution in [2.45, 2.75) is 33.6 Å². The molecular formula is C15H23N3O. The molecule has 1 saturated heterocycles. The second-order valence-electron chi connectivity index (χ2n) is 5.57. The number of aromatic nitrogens is 2. The second kappa shape index (κ2) is 5.59. The summed E-state index contributed by atoms with van der Waals surface area (Å²) < 4.78 is 1.85. The van der Waals surface area contributed by atoms with Gasteiger partial charge in [0.15, 0.2) is 0 Å². The van der Waals surface area contributed by atoms with Crippen molar-refractivity contribution in [2.24, 2.45) is 13.0 Å². The summed E-state index contributed by atoms with van der Waals surface area (Å²) in [5.41, 5.74) is 3.12. The minimum atomic E-state index is 0.120. The molecule has 0 aromatic carbocycles. The number of likely N-dealkylation sites (tertiary alicyclic amines) is 1. The Kier molecular flexibility index (Phi) is 4.08. The number of piperidine rings is 1. The highest BCUT2D eigenvalue weighted by Gasteiger charge is 2.19. The molecular weight excluding hydrogens is 238 g/mol. The topological polar surface area (TPSA) is 38.1 Å². The van der Waals surface area contributed by atoms with Crippen LogP contribution in [0, 0.1) is 19.8 Å². The Hall–Kier alpha value is -1.58. The van der Waals surface area contributed by atoms with E-state index < -0.39 is 0 Å². The summed E-state index contributed by atoms with van der Waals surface area (Å²) in [6.45, 7) is 7.97. The molecule has 0 aliphatic carbocycles. The van der Waals surface area contributed by atoms with Crippen molar-refractivity contribution in [3.05, 3.63) is 23.0 Å². The smallest absolute Gasteiger partial charge is 0.246 e. The molecule has 0 bridgehead atoms. The minimum absolute atomic E-state index is 0.120. The molecule has 1 aromatic heterocycles. The Bertz CT molecular complexity index is 502. The van der Waals surface area contributed by atoms with Gasteiger partial charge in [-0.05, 0) is 38.7 Å². The summed E-state index contributed by atoms with van der Waals surface area (Å²) in [4.78, 5) is 14.1. The van der Waals surface area contributed by atoms with Crippen LogP contribution in [0.3, 0.4) is 0 Å². The molecule has 1 aliphatic heterocycles. The Morgan fingerprint density at radius 2 is 2.16 bits per heavy atom. The Morgan fingerprint density at radius 3 is 2.74 bits per heavy atom. The third-order valence-corrected chi connectivity index (χ3v) is 3.93. The molecule has 0 N–H and O–H groups in total. The van der Waals surface area contributed by atoms with Gasteiger partial charge in [0.05, 0.1) is 5.69 Å². The number of hydrogen-bond donors (Lipinski definition) is 0. The maximum Gasteiger partial charge on any atom is 0.246 e. The van der Waals surface area contributed by atoms with Crippen LogP contribution < -0.4 is 0 Å². The van der Waals surface area contributed by atoms with Crippen LogP contribution in [-0.2, 0) is 11.8 Å². The fraction of sp³-hybridized carbons (Fsp3) is 0.600. The quantitative estimate of drug-likeness (QED) is 0.766. The minimum Gasteiger partial charge on any atom is -0.339 e. The SMILES string of the molecule is Cc1nn(C)c(C)c1C=CC(=O)N1CCCC(C)C1. The molecule has 4 heteroatoms. The van der Waals surface area contributed by atoms with Crippen LogP contribution >= 0.6 is 0 Å². The van der Waals surface area contributed by atoms with Gasteiger partial charge in [0, 0.05) is 37.5 Å². The van der Waals surface area contributed by atoms with E-state index in [0.717, 1.165) is 36.5 Å². The predicted molar refractivity (Wildman–Crippen MR) is 76.7 cm³/mol. The Morgan fingerprint density at radius 1 is 1.42 bits per heavy atom. The molecule has 2 rings (SSSR count). The highest BCUT2D eigenvalue weighted by atomic mass is 16.2. The average Bonchev–Trinajstić information content (AvgIpc) is 2.61. The van der Waals surface area contributed by atoms with Crippen LogP contribution in [0.5, 0.6) is 0 Å². The van der Waals surface area contributed by atoms with E-state index in [9.17, 15) is 4.79 Å². The molecule has 1 unspecified atom stereocenters. The van der Waals surface area contributed by atoms with Gasteiger partial charge in [-0.25, -0.2) is 0 Å². The van der Waals surface area contributed by atoms with Gasteiger partial charge in [-0.2, -0.15) is 5.10 Å². The lowest BCUT2D eigenvalue weighted by Gasteiger charge is -2.30. The summed E-state index contributed by atoms with van der Waals surface area (Å²) in [5.74, 6) is 0.738. The molecule has 1 aliphatic rings. The molecule has 0 spiro atoms. The zero-order valence-corrected chi connectivity index (χ0v) is 12.3. The first-order valence-electron chi connectivity index (χ1n) is 6.96. The van der Waals surface area contributed by atoms with Crippen LogP contribution in [0.15, 0.2) is 6.08 Å². The fourth-order valence-corrected chi connectivity index (χ4v) is 2.68. The largest absolute Gasteiger partial charge is 0.339 e. The van der Waals surface area contributed by atoms with Gasteiger partial charge in [-0.15, -0.1) is 0 Å². The van der Waals surface area contributed by atoms with Gasteiger partial charge in [0.2, 0.25) is 5.91 Å². The zero-order chi connectivity index (χ0) is 14.0. The lowest BCUT2D eigenvalue weighted by atomic mass is 10.0. The van der Waals surface area contributed by atoms with E-state index in [0.29, 0.717) is 5.92 Å². The summed E-state index contributed by atoms with van der Waals surface area (Å²) in [7, 11) is 1.92. The normalized spacial score (nSPS) is 20.2. The number of nitrogens with zero attached hydrogens (tertiary/aromatic N) is 3. The standard InChI is InChI=1S/C15H23N3O/c1-11-6-5-9-18(10-11)15(19)8-7-14-12(2)16-17(4)13(14)3/h7-8,11H,5-6,9-10H2,1-4H3. The van der Waals surface area contributed by atoms with Gasteiger partial charge >= 0.3 is 0 Å². The molecule has 0 saturated carbocycles. The Balaban J connectivity index is 2.07. The first-order valence-corrected chi connectivity index (χ1v) is 6.96. The molecule has 1 atom stereocenters. The van der Waals surface area contributed by atoms with Crippen molar-refractivity contribution in [1.29, 1.82) is 0 Å². The molecule has 4 nitrogen and oxygen atoms in total. The summed E-state index contributed by atoms with van der Waals surface area (Å²) >= 11 is 0. The predicted octanol–water partition coefficient (Wildman–Crippen LogP) is 2.31. The van der Waals surface area contributed by atoms with E-state index in [2.05, 4.69) is 12.0 Å². The number of aryl methyl sites for hydroxylation is 2. The zero-order valence-electron chi connectivity index (χ0n) is 12.3. The van der Waals surface area contributed by atoms with E-state index in [1.54, 1.807) is 6.08 Å². The van der Waals surface area contributed by atoms with E-state index in [-0.39, 0.29) is 5.91 Å². The highest BCUT2D eigenvalue weighted by molar-refractivity contribution is 5.92. The first kappa shape index (κ1) is 13.8. The van der Waals surface area contributed by atoms with E-state index in [1.807, 2.05) is 36.6 Å². The van der Waals surface area contributed by atoms with E-state index in [1.165, 1.54) is 6.42 Å². The Labute approximate surface area is 115 Å². The average molecular weight is 261 g/mol. The second-order valence-corrected chi connectivity index (χ2v) is 5.57. The van der Waals surface area contributed by atoms with Crippen molar-refractivity contribution in [3.63, 3.8) is 0 Å². The van der Waals surface area contributed by atoms with Gasteiger partial charge in [-0.3, -0.25) is 9.48 Å². The molecule has 2 heterocycles. The number of carbonyl (C=O) groups excluding carboxylic acids is 1. The molecule has 1 fully saturated rings.